The zero-order valence-electron chi connectivity index (χ0n) is 17.1. The number of methoxy groups -OCH3 is 1. The number of likely N-dealkylation sites (N-methyl/N-ethyl adjacent to an activating group) is 1. The van der Waals surface area contributed by atoms with Crippen molar-refractivity contribution in [2.45, 2.75) is 25.4 Å². The van der Waals surface area contributed by atoms with Gasteiger partial charge in [0.2, 0.25) is 0 Å². The number of nitrogens with one attached hydrogen (secondary N) is 3. The van der Waals surface area contributed by atoms with Gasteiger partial charge in [-0.15, -0.1) is 0 Å². The van der Waals surface area contributed by atoms with E-state index >= 15 is 0 Å². The minimum Gasteiger partial charge on any atom is -0.375 e. The Balaban J connectivity index is 1.66. The molecule has 1 aliphatic carbocycles. The van der Waals surface area contributed by atoms with Crippen LogP contribution in [0.15, 0.2) is 42.6 Å². The van der Waals surface area contributed by atoms with E-state index in [4.69, 9.17) is 4.74 Å². The zero-order chi connectivity index (χ0) is 21.1. The second-order valence-corrected chi connectivity index (χ2v) is 7.41. The molecule has 2 aromatic heterocycles. The van der Waals surface area contributed by atoms with Gasteiger partial charge in [-0.3, -0.25) is 14.6 Å². The summed E-state index contributed by atoms with van der Waals surface area (Å²) in [6, 6.07) is 11.5. The van der Waals surface area contributed by atoms with Crippen molar-refractivity contribution in [1.29, 1.82) is 0 Å². The van der Waals surface area contributed by atoms with Gasteiger partial charge >= 0.3 is 0 Å². The minimum atomic E-state index is -0.149. The van der Waals surface area contributed by atoms with Crippen LogP contribution in [0.3, 0.4) is 0 Å². The molecule has 30 heavy (non-hydrogen) atoms. The standard InChI is InChI=1S/C22H25N5O3/c1-27(19(28)13-30-2)16-8-9-17-18(11-16)26-21(20(17)22(29)25-14-6-7-14)24-12-15-5-3-4-10-23-15/h3-5,8-11,14,24,26H,6-7,12-13H2,1-2H3,(H,25,29). The summed E-state index contributed by atoms with van der Waals surface area (Å²) in [5.41, 5.74) is 2.94. The number of benzene rings is 1. The van der Waals surface area contributed by atoms with Gasteiger partial charge in [-0.25, -0.2) is 0 Å². The molecule has 1 fully saturated rings. The largest absolute Gasteiger partial charge is 0.375 e. The zero-order valence-corrected chi connectivity index (χ0v) is 17.1. The Morgan fingerprint density at radius 1 is 1.27 bits per heavy atom. The molecule has 0 unspecified atom stereocenters. The molecular weight excluding hydrogens is 382 g/mol. The quantitative estimate of drug-likeness (QED) is 0.533. The second-order valence-electron chi connectivity index (χ2n) is 7.41. The minimum absolute atomic E-state index is 0.00515. The highest BCUT2D eigenvalue weighted by atomic mass is 16.5. The summed E-state index contributed by atoms with van der Waals surface area (Å²) < 4.78 is 4.94. The SMILES string of the molecule is COCC(=O)N(C)c1ccc2c(C(=O)NC3CC3)c(NCc3ccccn3)[nH]c2c1. The van der Waals surface area contributed by atoms with Crippen molar-refractivity contribution < 1.29 is 14.3 Å². The summed E-state index contributed by atoms with van der Waals surface area (Å²) in [6.07, 6.45) is 3.77. The molecule has 0 saturated heterocycles. The van der Waals surface area contributed by atoms with Crippen LogP contribution in [0.5, 0.6) is 0 Å². The fraction of sp³-hybridized carbons (Fsp3) is 0.318. The van der Waals surface area contributed by atoms with Crippen molar-refractivity contribution in [3.05, 3.63) is 53.9 Å². The fourth-order valence-corrected chi connectivity index (χ4v) is 3.29. The van der Waals surface area contributed by atoms with Gasteiger partial charge < -0.3 is 25.3 Å². The van der Waals surface area contributed by atoms with Gasteiger partial charge in [0.1, 0.15) is 12.4 Å². The molecular formula is C22H25N5O3. The van der Waals surface area contributed by atoms with E-state index < -0.39 is 0 Å². The first kappa shape index (κ1) is 19.9. The maximum atomic E-state index is 12.9. The van der Waals surface area contributed by atoms with Crippen molar-refractivity contribution in [2.24, 2.45) is 0 Å². The Labute approximate surface area is 174 Å². The van der Waals surface area contributed by atoms with Crippen LogP contribution in [0.4, 0.5) is 11.5 Å². The number of nitrogens with zero attached hydrogens (tertiary/aromatic N) is 2. The van der Waals surface area contributed by atoms with Crippen LogP contribution in [0.25, 0.3) is 10.9 Å². The molecule has 0 bridgehead atoms. The van der Waals surface area contributed by atoms with Crippen LogP contribution < -0.4 is 15.5 Å². The summed E-state index contributed by atoms with van der Waals surface area (Å²) >= 11 is 0. The molecule has 0 spiro atoms. The number of rotatable bonds is 8. The summed E-state index contributed by atoms with van der Waals surface area (Å²) in [5, 5.41) is 7.17. The molecule has 156 valence electrons. The maximum Gasteiger partial charge on any atom is 0.255 e. The third-order valence-electron chi connectivity index (χ3n) is 5.12. The van der Waals surface area contributed by atoms with E-state index in [0.717, 1.165) is 35.1 Å². The summed E-state index contributed by atoms with van der Waals surface area (Å²) in [6.45, 7) is 0.488. The van der Waals surface area contributed by atoms with Crippen molar-refractivity contribution in [3.63, 3.8) is 0 Å². The van der Waals surface area contributed by atoms with Crippen molar-refractivity contribution >= 4 is 34.2 Å². The third kappa shape index (κ3) is 4.28. The number of carbonyl (C=O) groups is 2. The van der Waals surface area contributed by atoms with Gasteiger partial charge in [0.25, 0.3) is 11.8 Å². The Morgan fingerprint density at radius 2 is 2.10 bits per heavy atom. The number of anilines is 2. The molecule has 1 saturated carbocycles. The normalized spacial score (nSPS) is 13.3. The monoisotopic (exact) mass is 407 g/mol. The lowest BCUT2D eigenvalue weighted by atomic mass is 10.1. The van der Waals surface area contributed by atoms with Gasteiger partial charge in [-0.1, -0.05) is 6.07 Å². The number of fused-ring (bicyclic) bond motifs is 1. The lowest BCUT2D eigenvalue weighted by Gasteiger charge is -2.16. The number of hydrogen-bond acceptors (Lipinski definition) is 5. The maximum absolute atomic E-state index is 12.9. The molecule has 2 amide bonds. The number of ether oxygens (including phenoxy) is 1. The van der Waals surface area contributed by atoms with Crippen LogP contribution in [-0.2, 0) is 16.1 Å². The molecule has 8 heteroatoms. The fourth-order valence-electron chi connectivity index (χ4n) is 3.29. The first-order valence-electron chi connectivity index (χ1n) is 9.92. The second kappa shape index (κ2) is 8.54. The molecule has 1 aliphatic rings. The molecule has 2 heterocycles. The highest BCUT2D eigenvalue weighted by molar-refractivity contribution is 6.12. The highest BCUT2D eigenvalue weighted by Crippen LogP contribution is 2.31. The van der Waals surface area contributed by atoms with E-state index in [1.54, 1.807) is 13.2 Å². The number of H-pyrrole nitrogens is 1. The number of pyridine rings is 1. The summed E-state index contributed by atoms with van der Waals surface area (Å²) in [5.74, 6) is 0.379. The summed E-state index contributed by atoms with van der Waals surface area (Å²) in [7, 11) is 3.19. The van der Waals surface area contributed by atoms with E-state index in [1.807, 2.05) is 36.4 Å². The van der Waals surface area contributed by atoms with E-state index in [2.05, 4.69) is 20.6 Å². The topological polar surface area (TPSA) is 99.3 Å². The molecule has 0 atom stereocenters. The van der Waals surface area contributed by atoms with Crippen molar-refractivity contribution in [2.75, 3.05) is 31.0 Å². The Bertz CT molecular complexity index is 1060. The molecule has 0 aliphatic heterocycles. The molecule has 3 aromatic rings. The van der Waals surface area contributed by atoms with Crippen molar-refractivity contribution in [3.8, 4) is 0 Å². The van der Waals surface area contributed by atoms with Crippen molar-refractivity contribution in [1.82, 2.24) is 15.3 Å². The summed E-state index contributed by atoms with van der Waals surface area (Å²) in [4.78, 5) is 34.3. The number of hydrogen-bond donors (Lipinski definition) is 3. The van der Waals surface area contributed by atoms with Crippen LogP contribution in [0, 0.1) is 0 Å². The van der Waals surface area contributed by atoms with E-state index in [-0.39, 0.29) is 24.5 Å². The van der Waals surface area contributed by atoms with Gasteiger partial charge in [-0.05, 0) is 43.2 Å². The van der Waals surface area contributed by atoms with Crippen LogP contribution >= 0.6 is 0 Å². The van der Waals surface area contributed by atoms with Gasteiger partial charge in [0.05, 0.1) is 17.8 Å². The van der Waals surface area contributed by atoms with E-state index in [0.29, 0.717) is 17.9 Å². The average molecular weight is 407 g/mol. The van der Waals surface area contributed by atoms with Crippen LogP contribution in [0.1, 0.15) is 28.9 Å². The Morgan fingerprint density at radius 3 is 2.80 bits per heavy atom. The number of aromatic amines is 1. The van der Waals surface area contributed by atoms with Crippen LogP contribution in [0.2, 0.25) is 0 Å². The molecule has 8 nitrogen and oxygen atoms in total. The smallest absolute Gasteiger partial charge is 0.255 e. The van der Waals surface area contributed by atoms with Gasteiger partial charge in [0, 0.05) is 43.0 Å². The number of carbonyl (C=O) groups excluding carboxylic acids is 2. The first-order valence-corrected chi connectivity index (χ1v) is 9.92. The average Bonchev–Trinajstić information content (AvgIpc) is 3.49. The van der Waals surface area contributed by atoms with E-state index in [9.17, 15) is 9.59 Å². The van der Waals surface area contributed by atoms with Crippen LogP contribution in [-0.4, -0.2) is 48.6 Å². The predicted molar refractivity (Wildman–Crippen MR) is 116 cm³/mol. The molecule has 4 rings (SSSR count). The van der Waals surface area contributed by atoms with E-state index in [1.165, 1.54) is 12.0 Å². The van der Waals surface area contributed by atoms with Gasteiger partial charge in [-0.2, -0.15) is 0 Å². The molecule has 0 radical (unpaired) electrons. The Hall–Kier alpha value is -3.39. The first-order chi connectivity index (χ1) is 14.6. The lowest BCUT2D eigenvalue weighted by molar-refractivity contribution is -0.121. The lowest BCUT2D eigenvalue weighted by Crippen LogP contribution is -2.29. The van der Waals surface area contributed by atoms with Gasteiger partial charge in [0.15, 0.2) is 0 Å². The number of amides is 2. The number of aromatic nitrogens is 2. The Kier molecular flexibility index (Phi) is 5.67. The molecule has 1 aromatic carbocycles. The predicted octanol–water partition coefficient (Wildman–Crippen LogP) is 2.68. The third-order valence-corrected chi connectivity index (χ3v) is 5.12. The highest BCUT2D eigenvalue weighted by Gasteiger charge is 2.27. The molecule has 3 N–H and O–H groups in total.